The van der Waals surface area contributed by atoms with E-state index >= 15 is 0 Å². The Kier molecular flexibility index (Phi) is 3.98. The number of nitrogens with one attached hydrogen (secondary N) is 1. The van der Waals surface area contributed by atoms with E-state index in [-0.39, 0.29) is 0 Å². The third kappa shape index (κ3) is 3.52. The van der Waals surface area contributed by atoms with Crippen LogP contribution in [0.4, 0.5) is 0 Å². The maximum atomic E-state index is 5.81. The average Bonchev–Trinajstić information content (AvgIpc) is 2.35. The normalized spacial score (nSPS) is 30.0. The van der Waals surface area contributed by atoms with E-state index in [1.54, 1.807) is 0 Å². The molecule has 0 aliphatic heterocycles. The van der Waals surface area contributed by atoms with Crippen LogP contribution in [0.2, 0.25) is 0 Å². The second-order valence-corrected chi connectivity index (χ2v) is 4.03. The Morgan fingerprint density at radius 2 is 2.17 bits per heavy atom. The fourth-order valence-corrected chi connectivity index (χ4v) is 1.69. The zero-order chi connectivity index (χ0) is 8.97. The second-order valence-electron chi connectivity index (χ2n) is 4.03. The van der Waals surface area contributed by atoms with Crippen LogP contribution in [-0.2, 0) is 0 Å². The molecule has 1 saturated carbocycles. The molecule has 3 N–H and O–H groups in total. The van der Waals surface area contributed by atoms with Crippen LogP contribution < -0.4 is 11.1 Å². The minimum Gasteiger partial charge on any atom is -0.328 e. The van der Waals surface area contributed by atoms with Gasteiger partial charge in [0.05, 0.1) is 0 Å². The van der Waals surface area contributed by atoms with Crippen molar-refractivity contribution in [3.05, 3.63) is 0 Å². The Hall–Kier alpha value is -0.120. The molecule has 0 spiro atoms. The van der Waals surface area contributed by atoms with Crippen LogP contribution >= 0.6 is 0 Å². The summed E-state index contributed by atoms with van der Waals surface area (Å²) in [6.07, 6.45) is 3.61. The summed E-state index contributed by atoms with van der Waals surface area (Å²) in [7, 11) is 4.20. The van der Waals surface area contributed by atoms with E-state index in [0.29, 0.717) is 12.1 Å². The van der Waals surface area contributed by atoms with E-state index in [0.717, 1.165) is 19.5 Å². The van der Waals surface area contributed by atoms with Crippen LogP contribution in [0, 0.1) is 0 Å². The molecule has 0 bridgehead atoms. The Morgan fingerprint density at radius 3 is 2.67 bits per heavy atom. The number of nitrogens with zero attached hydrogens (tertiary/aromatic N) is 1. The van der Waals surface area contributed by atoms with Crippen LogP contribution in [-0.4, -0.2) is 44.2 Å². The molecule has 72 valence electrons. The fourth-order valence-electron chi connectivity index (χ4n) is 1.69. The predicted molar refractivity (Wildman–Crippen MR) is 52.2 cm³/mol. The Balaban J connectivity index is 2.00. The highest BCUT2D eigenvalue weighted by atomic mass is 15.1. The third-order valence-corrected chi connectivity index (χ3v) is 2.47. The topological polar surface area (TPSA) is 41.3 Å². The second kappa shape index (κ2) is 4.80. The van der Waals surface area contributed by atoms with Gasteiger partial charge in [-0.25, -0.2) is 0 Å². The molecule has 0 aromatic carbocycles. The summed E-state index contributed by atoms with van der Waals surface area (Å²) >= 11 is 0. The lowest BCUT2D eigenvalue weighted by Gasteiger charge is -2.14. The molecule has 0 heterocycles. The number of nitrogens with two attached hydrogens (primary N) is 1. The molecule has 0 amide bonds. The Labute approximate surface area is 75.3 Å². The van der Waals surface area contributed by atoms with Gasteiger partial charge in [-0.05, 0) is 33.4 Å². The summed E-state index contributed by atoms with van der Waals surface area (Å²) in [5.41, 5.74) is 5.81. The van der Waals surface area contributed by atoms with E-state index < -0.39 is 0 Å². The zero-order valence-corrected chi connectivity index (χ0v) is 8.21. The molecule has 12 heavy (non-hydrogen) atoms. The Bertz CT molecular complexity index is 125. The van der Waals surface area contributed by atoms with E-state index in [4.69, 9.17) is 5.73 Å². The molecule has 1 aliphatic rings. The van der Waals surface area contributed by atoms with Crippen molar-refractivity contribution in [2.75, 3.05) is 27.2 Å². The summed E-state index contributed by atoms with van der Waals surface area (Å²) in [5, 5.41) is 3.52. The standard InChI is InChI=1S/C9H21N3/c1-12(2)6-5-11-9-4-3-8(10)7-9/h8-9,11H,3-7,10H2,1-2H3. The maximum absolute atomic E-state index is 5.81. The van der Waals surface area contributed by atoms with Crippen LogP contribution in [0.25, 0.3) is 0 Å². The van der Waals surface area contributed by atoms with Gasteiger partial charge in [0.25, 0.3) is 0 Å². The van der Waals surface area contributed by atoms with E-state index in [1.807, 2.05) is 0 Å². The van der Waals surface area contributed by atoms with Crippen LogP contribution in [0.5, 0.6) is 0 Å². The van der Waals surface area contributed by atoms with Crippen LogP contribution in [0.15, 0.2) is 0 Å². The summed E-state index contributed by atoms with van der Waals surface area (Å²) in [4.78, 5) is 2.20. The van der Waals surface area contributed by atoms with Crippen molar-refractivity contribution in [2.45, 2.75) is 31.3 Å². The van der Waals surface area contributed by atoms with Gasteiger partial charge in [0, 0.05) is 25.2 Å². The molecule has 2 unspecified atom stereocenters. The van der Waals surface area contributed by atoms with Gasteiger partial charge in [0.2, 0.25) is 0 Å². The first-order valence-electron chi connectivity index (χ1n) is 4.82. The van der Waals surface area contributed by atoms with E-state index in [2.05, 4.69) is 24.3 Å². The first-order valence-corrected chi connectivity index (χ1v) is 4.82. The molecule has 1 rings (SSSR count). The van der Waals surface area contributed by atoms with Crippen LogP contribution in [0.1, 0.15) is 19.3 Å². The van der Waals surface area contributed by atoms with Crippen molar-refractivity contribution in [1.29, 1.82) is 0 Å². The summed E-state index contributed by atoms with van der Waals surface area (Å²) < 4.78 is 0. The van der Waals surface area contributed by atoms with Gasteiger partial charge in [0.1, 0.15) is 0 Å². The van der Waals surface area contributed by atoms with Gasteiger partial charge in [-0.2, -0.15) is 0 Å². The van der Waals surface area contributed by atoms with E-state index in [1.165, 1.54) is 12.8 Å². The highest BCUT2D eigenvalue weighted by molar-refractivity contribution is 4.82. The molecule has 0 aromatic heterocycles. The summed E-state index contributed by atoms with van der Waals surface area (Å²) in [5.74, 6) is 0. The first kappa shape index (κ1) is 9.96. The lowest BCUT2D eigenvalue weighted by molar-refractivity contribution is 0.383. The Morgan fingerprint density at radius 1 is 1.42 bits per heavy atom. The molecule has 1 aliphatic carbocycles. The largest absolute Gasteiger partial charge is 0.328 e. The molecule has 0 radical (unpaired) electrons. The number of hydrogen-bond acceptors (Lipinski definition) is 3. The number of likely N-dealkylation sites (N-methyl/N-ethyl adjacent to an activating group) is 1. The highest BCUT2D eigenvalue weighted by Crippen LogP contribution is 2.16. The summed E-state index contributed by atoms with van der Waals surface area (Å²) in [6, 6.07) is 1.13. The molecule has 2 atom stereocenters. The minimum absolute atomic E-state index is 0.446. The quantitative estimate of drug-likeness (QED) is 0.626. The lowest BCUT2D eigenvalue weighted by Crippen LogP contribution is -2.34. The predicted octanol–water partition coefficient (Wildman–Crippen LogP) is 0.0174. The fraction of sp³-hybridized carbons (Fsp3) is 1.00. The van der Waals surface area contributed by atoms with Crippen molar-refractivity contribution in [3.8, 4) is 0 Å². The number of hydrogen-bond donors (Lipinski definition) is 2. The number of rotatable bonds is 4. The highest BCUT2D eigenvalue weighted by Gasteiger charge is 2.20. The van der Waals surface area contributed by atoms with Gasteiger partial charge >= 0.3 is 0 Å². The van der Waals surface area contributed by atoms with Gasteiger partial charge in [0.15, 0.2) is 0 Å². The van der Waals surface area contributed by atoms with Crippen molar-refractivity contribution in [3.63, 3.8) is 0 Å². The lowest BCUT2D eigenvalue weighted by atomic mass is 10.2. The molecule has 0 aromatic rings. The van der Waals surface area contributed by atoms with Gasteiger partial charge in [-0.15, -0.1) is 0 Å². The zero-order valence-electron chi connectivity index (χ0n) is 8.21. The average molecular weight is 171 g/mol. The van der Waals surface area contributed by atoms with Crippen molar-refractivity contribution in [1.82, 2.24) is 10.2 Å². The van der Waals surface area contributed by atoms with Crippen LogP contribution in [0.3, 0.4) is 0 Å². The molecule has 3 heteroatoms. The van der Waals surface area contributed by atoms with Crippen molar-refractivity contribution in [2.24, 2.45) is 5.73 Å². The van der Waals surface area contributed by atoms with Gasteiger partial charge in [-0.3, -0.25) is 0 Å². The third-order valence-electron chi connectivity index (χ3n) is 2.47. The van der Waals surface area contributed by atoms with Gasteiger partial charge < -0.3 is 16.0 Å². The molecular formula is C9H21N3. The molecule has 3 nitrogen and oxygen atoms in total. The maximum Gasteiger partial charge on any atom is 0.0101 e. The molecule has 1 fully saturated rings. The minimum atomic E-state index is 0.446. The monoisotopic (exact) mass is 171 g/mol. The van der Waals surface area contributed by atoms with Gasteiger partial charge in [-0.1, -0.05) is 0 Å². The first-order chi connectivity index (χ1) is 5.68. The summed E-state index contributed by atoms with van der Waals surface area (Å²) in [6.45, 7) is 2.20. The smallest absolute Gasteiger partial charge is 0.0101 e. The molecular weight excluding hydrogens is 150 g/mol. The molecule has 0 saturated heterocycles. The van der Waals surface area contributed by atoms with Crippen molar-refractivity contribution >= 4 is 0 Å². The SMILES string of the molecule is CN(C)CCNC1CCC(N)C1. The van der Waals surface area contributed by atoms with E-state index in [9.17, 15) is 0 Å². The van der Waals surface area contributed by atoms with Crippen molar-refractivity contribution < 1.29 is 0 Å².